The number of anilines is 2. The van der Waals surface area contributed by atoms with Crippen molar-refractivity contribution in [2.75, 3.05) is 44.0 Å². The molecule has 2 rings (SSSR count). The highest BCUT2D eigenvalue weighted by atomic mass is 16.5. The predicted octanol–water partition coefficient (Wildman–Crippen LogP) is 0.416. The van der Waals surface area contributed by atoms with Gasteiger partial charge in [-0.25, -0.2) is 15.8 Å². The van der Waals surface area contributed by atoms with E-state index < -0.39 is 0 Å². The van der Waals surface area contributed by atoms with Gasteiger partial charge in [-0.1, -0.05) is 0 Å². The first-order valence-corrected chi connectivity index (χ1v) is 6.61. The molecule has 1 aliphatic rings. The van der Waals surface area contributed by atoms with Crippen LogP contribution in [0.25, 0.3) is 0 Å². The molecule has 2 heterocycles. The molecule has 0 bridgehead atoms. The van der Waals surface area contributed by atoms with Gasteiger partial charge < -0.3 is 20.4 Å². The molecule has 1 saturated heterocycles. The van der Waals surface area contributed by atoms with Crippen molar-refractivity contribution in [2.24, 2.45) is 5.84 Å². The molecule has 0 aliphatic carbocycles. The molecule has 106 valence electrons. The third kappa shape index (κ3) is 4.30. The van der Waals surface area contributed by atoms with Gasteiger partial charge in [-0.15, -0.1) is 0 Å². The number of nitrogens with two attached hydrogens (primary N) is 1. The fourth-order valence-corrected chi connectivity index (χ4v) is 2.20. The highest BCUT2D eigenvalue weighted by Crippen LogP contribution is 2.11. The Bertz CT molecular complexity index is 394. The first-order valence-electron chi connectivity index (χ1n) is 6.61. The highest BCUT2D eigenvalue weighted by Gasteiger charge is 2.10. The van der Waals surface area contributed by atoms with Gasteiger partial charge >= 0.3 is 0 Å². The summed E-state index contributed by atoms with van der Waals surface area (Å²) in [6, 6.07) is 1.79. The first-order chi connectivity index (χ1) is 9.31. The van der Waals surface area contributed by atoms with E-state index in [0.29, 0.717) is 18.2 Å². The second-order valence-electron chi connectivity index (χ2n) is 4.61. The Hall–Kier alpha value is -1.44. The Labute approximate surface area is 113 Å². The van der Waals surface area contributed by atoms with E-state index in [-0.39, 0.29) is 0 Å². The van der Waals surface area contributed by atoms with Crippen molar-refractivity contribution in [2.45, 2.75) is 19.4 Å². The zero-order valence-electron chi connectivity index (χ0n) is 11.4. The van der Waals surface area contributed by atoms with Crippen LogP contribution in [0.15, 0.2) is 6.07 Å². The van der Waals surface area contributed by atoms with Gasteiger partial charge in [-0.2, -0.15) is 0 Å². The van der Waals surface area contributed by atoms with Crippen molar-refractivity contribution >= 4 is 11.6 Å². The van der Waals surface area contributed by atoms with Crippen LogP contribution in [-0.4, -0.2) is 48.2 Å². The van der Waals surface area contributed by atoms with Crippen LogP contribution in [0.1, 0.15) is 18.7 Å². The van der Waals surface area contributed by atoms with E-state index in [4.69, 9.17) is 10.6 Å². The minimum Gasteiger partial charge on any atom is -0.377 e. The lowest BCUT2D eigenvalue weighted by molar-refractivity contribution is 0.178. The maximum Gasteiger partial charge on any atom is 0.158 e. The maximum absolute atomic E-state index is 5.39. The van der Waals surface area contributed by atoms with E-state index in [1.165, 1.54) is 25.9 Å². The zero-order valence-corrected chi connectivity index (χ0v) is 11.4. The van der Waals surface area contributed by atoms with Crippen LogP contribution in [-0.2, 0) is 11.3 Å². The molecule has 1 aromatic heterocycles. The Kier molecular flexibility index (Phi) is 5.31. The lowest BCUT2D eigenvalue weighted by Crippen LogP contribution is -2.26. The summed E-state index contributed by atoms with van der Waals surface area (Å²) in [5.74, 6) is 7.37. The molecule has 0 radical (unpaired) electrons. The lowest BCUT2D eigenvalue weighted by Gasteiger charge is -2.15. The molecule has 1 fully saturated rings. The molecule has 7 nitrogen and oxygen atoms in total. The van der Waals surface area contributed by atoms with Gasteiger partial charge in [0.1, 0.15) is 18.2 Å². The van der Waals surface area contributed by atoms with Gasteiger partial charge in [-0.3, -0.25) is 0 Å². The van der Waals surface area contributed by atoms with Crippen LogP contribution in [0.2, 0.25) is 0 Å². The number of hydrogen-bond acceptors (Lipinski definition) is 7. The van der Waals surface area contributed by atoms with Crippen molar-refractivity contribution in [3.05, 3.63) is 11.9 Å². The molecule has 0 unspecified atom stereocenters. The van der Waals surface area contributed by atoms with Gasteiger partial charge in [0.15, 0.2) is 5.82 Å². The van der Waals surface area contributed by atoms with Crippen LogP contribution >= 0.6 is 0 Å². The van der Waals surface area contributed by atoms with Crippen molar-refractivity contribution in [3.8, 4) is 0 Å². The van der Waals surface area contributed by atoms with E-state index in [1.54, 1.807) is 13.2 Å². The predicted molar refractivity (Wildman–Crippen MR) is 74.7 cm³/mol. The van der Waals surface area contributed by atoms with Crippen LogP contribution in [0.5, 0.6) is 0 Å². The number of aromatic nitrogens is 2. The van der Waals surface area contributed by atoms with Gasteiger partial charge in [0, 0.05) is 26.3 Å². The SMILES string of the molecule is COCc1nc(NN)cc(NCCN2CCCC2)n1. The average Bonchev–Trinajstić information content (AvgIpc) is 2.92. The topological polar surface area (TPSA) is 88.3 Å². The largest absolute Gasteiger partial charge is 0.377 e. The Morgan fingerprint density at radius 1 is 1.32 bits per heavy atom. The summed E-state index contributed by atoms with van der Waals surface area (Å²) in [5, 5.41) is 3.30. The molecular formula is C12H22N6O. The fourth-order valence-electron chi connectivity index (χ4n) is 2.20. The number of nitrogen functional groups attached to an aromatic ring is 1. The lowest BCUT2D eigenvalue weighted by atomic mass is 10.4. The number of nitrogens with zero attached hydrogens (tertiary/aromatic N) is 3. The van der Waals surface area contributed by atoms with Crippen molar-refractivity contribution in [3.63, 3.8) is 0 Å². The van der Waals surface area contributed by atoms with E-state index in [0.717, 1.165) is 18.9 Å². The number of likely N-dealkylation sites (tertiary alicyclic amines) is 1. The number of hydrazine groups is 1. The molecule has 0 spiro atoms. The standard InChI is InChI=1S/C12H22N6O/c1-19-9-12-15-10(8-11(16-12)17-13)14-4-7-18-5-2-3-6-18/h8H,2-7,9,13H2,1H3,(H2,14,15,16,17). The van der Waals surface area contributed by atoms with E-state index in [2.05, 4.69) is 25.6 Å². The second-order valence-corrected chi connectivity index (χ2v) is 4.61. The molecule has 4 N–H and O–H groups in total. The summed E-state index contributed by atoms with van der Waals surface area (Å²) in [6.07, 6.45) is 2.62. The molecule has 19 heavy (non-hydrogen) atoms. The van der Waals surface area contributed by atoms with E-state index in [1.807, 2.05) is 0 Å². The minimum absolute atomic E-state index is 0.371. The van der Waals surface area contributed by atoms with Crippen LogP contribution in [0.4, 0.5) is 11.6 Å². The van der Waals surface area contributed by atoms with Gasteiger partial charge in [0.05, 0.1) is 0 Å². The van der Waals surface area contributed by atoms with E-state index in [9.17, 15) is 0 Å². The molecule has 1 aliphatic heterocycles. The van der Waals surface area contributed by atoms with Crippen LogP contribution in [0, 0.1) is 0 Å². The minimum atomic E-state index is 0.371. The summed E-state index contributed by atoms with van der Waals surface area (Å²) < 4.78 is 5.04. The number of rotatable bonds is 7. The normalized spacial score (nSPS) is 15.7. The number of hydrogen-bond donors (Lipinski definition) is 3. The van der Waals surface area contributed by atoms with Crippen LogP contribution in [0.3, 0.4) is 0 Å². The third-order valence-corrected chi connectivity index (χ3v) is 3.13. The molecule has 0 atom stereocenters. The van der Waals surface area contributed by atoms with Gasteiger partial charge in [-0.05, 0) is 25.9 Å². The van der Waals surface area contributed by atoms with E-state index >= 15 is 0 Å². The zero-order chi connectivity index (χ0) is 13.5. The number of ether oxygens (including phenoxy) is 1. The number of nitrogens with one attached hydrogen (secondary N) is 2. The number of methoxy groups -OCH3 is 1. The summed E-state index contributed by atoms with van der Waals surface area (Å²) in [4.78, 5) is 11.0. The molecule has 1 aromatic rings. The third-order valence-electron chi connectivity index (χ3n) is 3.13. The summed E-state index contributed by atoms with van der Waals surface area (Å²) in [6.45, 7) is 4.69. The monoisotopic (exact) mass is 266 g/mol. The average molecular weight is 266 g/mol. The molecular weight excluding hydrogens is 244 g/mol. The molecule has 7 heteroatoms. The molecule has 0 saturated carbocycles. The Balaban J connectivity index is 1.88. The quantitative estimate of drug-likeness (QED) is 0.487. The maximum atomic E-state index is 5.39. The van der Waals surface area contributed by atoms with Crippen molar-refractivity contribution < 1.29 is 4.74 Å². The van der Waals surface area contributed by atoms with Gasteiger partial charge in [0.25, 0.3) is 0 Å². The van der Waals surface area contributed by atoms with Crippen LogP contribution < -0.4 is 16.6 Å². The van der Waals surface area contributed by atoms with Gasteiger partial charge in [0.2, 0.25) is 0 Å². The summed E-state index contributed by atoms with van der Waals surface area (Å²) in [5.41, 5.74) is 2.54. The highest BCUT2D eigenvalue weighted by molar-refractivity contribution is 5.46. The smallest absolute Gasteiger partial charge is 0.158 e. The molecule has 0 amide bonds. The second kappa shape index (κ2) is 7.22. The Morgan fingerprint density at radius 3 is 2.74 bits per heavy atom. The fraction of sp³-hybridized carbons (Fsp3) is 0.667. The first kappa shape index (κ1) is 14.0. The van der Waals surface area contributed by atoms with Crippen molar-refractivity contribution in [1.29, 1.82) is 0 Å². The Morgan fingerprint density at radius 2 is 2.05 bits per heavy atom. The summed E-state index contributed by atoms with van der Waals surface area (Å²) >= 11 is 0. The van der Waals surface area contributed by atoms with Crippen molar-refractivity contribution in [1.82, 2.24) is 14.9 Å². The molecule has 0 aromatic carbocycles. The summed E-state index contributed by atoms with van der Waals surface area (Å²) in [7, 11) is 1.62.